The number of hydrogen-bond donors (Lipinski definition) is 3. The topological polar surface area (TPSA) is 86.9 Å². The lowest BCUT2D eigenvalue weighted by molar-refractivity contribution is 0.562. The molecule has 0 spiro atoms. The monoisotopic (exact) mass is 438 g/mol. The van der Waals surface area contributed by atoms with Crippen LogP contribution in [0, 0.1) is 11.6 Å². The summed E-state index contributed by atoms with van der Waals surface area (Å²) in [5.74, 6) is -0.820. The number of nitrogens with one attached hydrogen (secondary N) is 3. The van der Waals surface area contributed by atoms with Gasteiger partial charge in [0, 0.05) is 29.8 Å². The number of aromatic nitrogens is 2. The minimum Gasteiger partial charge on any atom is -0.369 e. The summed E-state index contributed by atoms with van der Waals surface area (Å²) in [6.45, 7) is 0.867. The lowest BCUT2D eigenvalue weighted by Gasteiger charge is -2.09. The molecule has 0 radical (unpaired) electrons. The molecule has 0 bridgehead atoms. The zero-order valence-corrected chi connectivity index (χ0v) is 16.9. The first-order valence-corrected chi connectivity index (χ1v) is 10.7. The largest absolute Gasteiger partial charge is 0.369 e. The second kappa shape index (κ2) is 7.59. The summed E-state index contributed by atoms with van der Waals surface area (Å²) in [6, 6.07) is 12.1. The molecule has 2 aromatic carbocycles. The highest BCUT2D eigenvalue weighted by molar-refractivity contribution is 7.86. The maximum absolute atomic E-state index is 13.9. The number of benzene rings is 2. The van der Waals surface area contributed by atoms with Gasteiger partial charge in [-0.05, 0) is 53.9 Å². The Kier molecular flexibility index (Phi) is 4.74. The van der Waals surface area contributed by atoms with Crippen LogP contribution in [-0.2, 0) is 17.4 Å². The van der Waals surface area contributed by atoms with Crippen LogP contribution >= 0.6 is 0 Å². The molecule has 1 aliphatic rings. The molecule has 2 aromatic heterocycles. The maximum Gasteiger partial charge on any atom is 0.272 e. The Balaban J connectivity index is 1.49. The Bertz CT molecular complexity index is 1420. The fraction of sp³-hybridized carbons (Fsp3) is 0.0909. The van der Waals surface area contributed by atoms with Crippen LogP contribution in [0.1, 0.15) is 5.56 Å². The van der Waals surface area contributed by atoms with Gasteiger partial charge in [0.15, 0.2) is 11.0 Å². The van der Waals surface area contributed by atoms with Crippen LogP contribution in [-0.4, -0.2) is 20.7 Å². The van der Waals surface area contributed by atoms with Crippen molar-refractivity contribution < 1.29 is 13.0 Å². The van der Waals surface area contributed by atoms with Crippen molar-refractivity contribution in [3.63, 3.8) is 0 Å². The average molecular weight is 438 g/mol. The molecule has 3 heterocycles. The third-order valence-corrected chi connectivity index (χ3v) is 6.25. The Labute approximate surface area is 177 Å². The fourth-order valence-electron chi connectivity index (χ4n) is 3.57. The molecule has 5 rings (SSSR count). The molecule has 0 aliphatic carbocycles. The minimum absolute atomic E-state index is 0.0101. The van der Waals surface area contributed by atoms with E-state index < -0.39 is 28.2 Å². The normalized spacial score (nSPS) is 13.6. The highest BCUT2D eigenvalue weighted by Gasteiger charge is 2.15. The van der Waals surface area contributed by atoms with Crippen molar-refractivity contribution in [3.8, 4) is 11.1 Å². The molecule has 0 saturated carbocycles. The predicted octanol–water partition coefficient (Wildman–Crippen LogP) is 3.97. The molecule has 1 unspecified atom stereocenters. The summed E-state index contributed by atoms with van der Waals surface area (Å²) < 4.78 is 42.0. The maximum atomic E-state index is 13.9. The van der Waals surface area contributed by atoms with E-state index in [1.54, 1.807) is 12.3 Å². The highest BCUT2D eigenvalue weighted by Crippen LogP contribution is 2.29. The van der Waals surface area contributed by atoms with Crippen molar-refractivity contribution >= 4 is 33.4 Å². The molecule has 0 fully saturated rings. The molecule has 6 nitrogen and oxygen atoms in total. The van der Waals surface area contributed by atoms with Crippen LogP contribution in [0.15, 0.2) is 64.4 Å². The molecule has 1 atom stereocenters. The third-order valence-electron chi connectivity index (χ3n) is 5.11. The number of aromatic amines is 1. The van der Waals surface area contributed by atoms with E-state index in [9.17, 15) is 17.8 Å². The first kappa shape index (κ1) is 19.4. The number of anilines is 2. The first-order valence-electron chi connectivity index (χ1n) is 9.52. The molecular formula is C22H16F2N4O2S. The van der Waals surface area contributed by atoms with Crippen LogP contribution in [0.3, 0.4) is 0 Å². The quantitative estimate of drug-likeness (QED) is 0.450. The molecule has 0 amide bonds. The number of nitrogens with zero attached hydrogens (tertiary/aromatic N) is 1. The molecule has 31 heavy (non-hydrogen) atoms. The smallest absolute Gasteiger partial charge is 0.272 e. The molecule has 1 aliphatic heterocycles. The number of pyridine rings is 2. The van der Waals surface area contributed by atoms with Crippen molar-refractivity contribution in [1.29, 1.82) is 0 Å². The number of hydrogen-bond acceptors (Lipinski definition) is 4. The van der Waals surface area contributed by atoms with E-state index >= 15 is 0 Å². The van der Waals surface area contributed by atoms with E-state index in [0.29, 0.717) is 11.6 Å². The molecule has 156 valence electrons. The van der Waals surface area contributed by atoms with Crippen LogP contribution in [0.4, 0.5) is 20.3 Å². The molecule has 0 saturated heterocycles. The van der Waals surface area contributed by atoms with Crippen molar-refractivity contribution in [3.05, 3.63) is 82.3 Å². The van der Waals surface area contributed by atoms with Crippen molar-refractivity contribution in [2.45, 2.75) is 11.3 Å². The second-order valence-corrected chi connectivity index (χ2v) is 8.34. The van der Waals surface area contributed by atoms with Crippen molar-refractivity contribution in [1.82, 2.24) is 9.97 Å². The molecule has 3 N–H and O–H groups in total. The third kappa shape index (κ3) is 3.68. The molecule has 4 aromatic rings. The summed E-state index contributed by atoms with van der Waals surface area (Å²) in [6.07, 6.45) is 2.47. The predicted molar refractivity (Wildman–Crippen MR) is 116 cm³/mol. The van der Waals surface area contributed by atoms with Crippen LogP contribution < -0.4 is 15.6 Å². The van der Waals surface area contributed by atoms with E-state index in [1.165, 1.54) is 0 Å². The summed E-state index contributed by atoms with van der Waals surface area (Å²) in [5, 5.41) is 4.23. The summed E-state index contributed by atoms with van der Waals surface area (Å²) in [5.41, 5.74) is 3.03. The van der Waals surface area contributed by atoms with E-state index in [-0.39, 0.29) is 10.6 Å². The van der Waals surface area contributed by atoms with E-state index in [1.807, 2.05) is 18.2 Å². The van der Waals surface area contributed by atoms with E-state index in [0.717, 1.165) is 52.9 Å². The summed E-state index contributed by atoms with van der Waals surface area (Å²) >= 11 is 0. The fourth-order valence-corrected chi connectivity index (χ4v) is 4.45. The Morgan fingerprint density at radius 3 is 2.74 bits per heavy atom. The summed E-state index contributed by atoms with van der Waals surface area (Å²) in [7, 11) is -2.08. The van der Waals surface area contributed by atoms with Gasteiger partial charge in [-0.15, -0.1) is 0 Å². The average Bonchev–Trinajstić information content (AvgIpc) is 3.20. The van der Waals surface area contributed by atoms with Gasteiger partial charge in [-0.25, -0.2) is 18.0 Å². The molecule has 9 heteroatoms. The lowest BCUT2D eigenvalue weighted by Crippen LogP contribution is -2.16. The SMILES string of the molecule is O=c1[nH]cc(-c2ccc3nc4c(cc3c2)CCN4)cc1NS(=O)c1ccc(F)cc1F. The number of fused-ring (bicyclic) bond motifs is 2. The van der Waals surface area contributed by atoms with Gasteiger partial charge in [0.1, 0.15) is 23.1 Å². The van der Waals surface area contributed by atoms with E-state index in [4.69, 9.17) is 0 Å². The molecular weight excluding hydrogens is 422 g/mol. The van der Waals surface area contributed by atoms with Gasteiger partial charge in [0.05, 0.1) is 10.4 Å². The standard InChI is InChI=1S/C22H16F2N4O2S/c23-16-2-4-20(17(24)10-16)31(30)28-19-9-15(11-26-22(19)29)12-1-3-18-14(7-12)8-13-5-6-25-21(13)27-18/h1-4,7-11,28H,5-6H2,(H,25,27)(H,26,29). The lowest BCUT2D eigenvalue weighted by atomic mass is 10.0. The van der Waals surface area contributed by atoms with Gasteiger partial charge in [0.2, 0.25) is 0 Å². The zero-order valence-electron chi connectivity index (χ0n) is 16.0. The van der Waals surface area contributed by atoms with Crippen molar-refractivity contribution in [2.24, 2.45) is 0 Å². The van der Waals surface area contributed by atoms with Gasteiger partial charge in [-0.2, -0.15) is 0 Å². The van der Waals surface area contributed by atoms with Gasteiger partial charge < -0.3 is 10.3 Å². The number of H-pyrrole nitrogens is 1. The number of rotatable bonds is 4. The first-order chi connectivity index (χ1) is 15.0. The van der Waals surface area contributed by atoms with Crippen LogP contribution in [0.5, 0.6) is 0 Å². The van der Waals surface area contributed by atoms with Crippen LogP contribution in [0.25, 0.3) is 22.0 Å². The minimum atomic E-state index is -2.08. The Hall–Kier alpha value is -3.59. The Morgan fingerprint density at radius 1 is 1.03 bits per heavy atom. The summed E-state index contributed by atoms with van der Waals surface area (Å²) in [4.78, 5) is 19.2. The number of halogens is 2. The Morgan fingerprint density at radius 2 is 1.90 bits per heavy atom. The van der Waals surface area contributed by atoms with Crippen LogP contribution in [0.2, 0.25) is 0 Å². The van der Waals surface area contributed by atoms with Gasteiger partial charge >= 0.3 is 0 Å². The van der Waals surface area contributed by atoms with Gasteiger partial charge in [-0.1, -0.05) is 6.07 Å². The zero-order chi connectivity index (χ0) is 21.5. The van der Waals surface area contributed by atoms with Gasteiger partial charge in [0.25, 0.3) is 5.56 Å². The van der Waals surface area contributed by atoms with Gasteiger partial charge in [-0.3, -0.25) is 9.52 Å². The second-order valence-electron chi connectivity index (χ2n) is 7.16. The highest BCUT2D eigenvalue weighted by atomic mass is 32.2. The van der Waals surface area contributed by atoms with Crippen molar-refractivity contribution in [2.75, 3.05) is 16.6 Å². The van der Waals surface area contributed by atoms with E-state index in [2.05, 4.69) is 26.1 Å².